The van der Waals surface area contributed by atoms with Crippen LogP contribution in [-0.4, -0.2) is 4.98 Å². The van der Waals surface area contributed by atoms with Crippen LogP contribution in [0.3, 0.4) is 0 Å². The van der Waals surface area contributed by atoms with E-state index in [1.165, 1.54) is 0 Å². The van der Waals surface area contributed by atoms with Crippen LogP contribution in [0.4, 0.5) is 0 Å². The molecule has 0 radical (unpaired) electrons. The quantitative estimate of drug-likeness (QED) is 0.375. The fourth-order valence-electron chi connectivity index (χ4n) is 3.99. The number of nitrogens with zero attached hydrogens (tertiary/aromatic N) is 1. The second-order valence-corrected chi connectivity index (χ2v) is 11.1. The van der Waals surface area contributed by atoms with Crippen LogP contribution >= 0.6 is 6.04 Å². The average Bonchev–Trinajstić information content (AvgIpc) is 2.75. The lowest BCUT2D eigenvalue weighted by molar-refractivity contribution is 0.467. The molecule has 2 aliphatic rings. The summed E-state index contributed by atoms with van der Waals surface area (Å²) in [5.74, 6) is 3.26. The minimum absolute atomic E-state index is 0.791. The first-order valence-corrected chi connectivity index (χ1v) is 11.8. The van der Waals surface area contributed by atoms with E-state index >= 15 is 0 Å². The van der Waals surface area contributed by atoms with Crippen LogP contribution in [0.15, 0.2) is 85.2 Å². The Hall–Kier alpha value is -2.94. The van der Waals surface area contributed by atoms with E-state index in [1.54, 1.807) is 6.20 Å². The summed E-state index contributed by atoms with van der Waals surface area (Å²) in [6, 6.07) is 22.0. The number of hydrogen-bond acceptors (Lipinski definition) is 4. The van der Waals surface area contributed by atoms with Gasteiger partial charge in [-0.05, 0) is 42.5 Å². The smallest absolute Gasteiger partial charge is 0.148 e. The Balaban J connectivity index is 1.75. The van der Waals surface area contributed by atoms with Crippen molar-refractivity contribution in [1.29, 1.82) is 0 Å². The molecule has 5 heteroatoms. The molecule has 3 heterocycles. The maximum absolute atomic E-state index is 6.50. The van der Waals surface area contributed by atoms with Crippen molar-refractivity contribution in [3.63, 3.8) is 0 Å². The Morgan fingerprint density at radius 2 is 1.43 bits per heavy atom. The normalized spacial score (nSPS) is 18.1. The van der Waals surface area contributed by atoms with Crippen LogP contribution < -0.4 is 25.4 Å². The molecule has 28 heavy (non-hydrogen) atoms. The van der Waals surface area contributed by atoms with Crippen LogP contribution in [0.2, 0.25) is 0 Å². The maximum atomic E-state index is 6.50. The minimum Gasteiger partial charge on any atom is -0.456 e. The van der Waals surface area contributed by atoms with Crippen molar-refractivity contribution in [2.75, 3.05) is 0 Å². The summed E-state index contributed by atoms with van der Waals surface area (Å²) in [6.07, 6.45) is 3.62. The van der Waals surface area contributed by atoms with Gasteiger partial charge in [0.15, 0.2) is 0 Å². The lowest BCUT2D eigenvalue weighted by Gasteiger charge is -2.38. The van der Waals surface area contributed by atoms with Crippen molar-refractivity contribution in [2.24, 2.45) is 0 Å². The van der Waals surface area contributed by atoms with Crippen molar-refractivity contribution < 1.29 is 9.47 Å². The number of ether oxygens (including phenoxy) is 2. The molecule has 0 aliphatic carbocycles. The van der Waals surface area contributed by atoms with E-state index in [4.69, 9.17) is 21.3 Å². The second-order valence-electron chi connectivity index (χ2n) is 6.78. The summed E-state index contributed by atoms with van der Waals surface area (Å²) in [5.41, 5.74) is 1.98. The third-order valence-electron chi connectivity index (χ3n) is 5.22. The Morgan fingerprint density at radius 3 is 2.14 bits per heavy atom. The Kier molecular flexibility index (Phi) is 3.31. The number of pyridine rings is 1. The zero-order chi connectivity index (χ0) is 18.7. The highest BCUT2D eigenvalue weighted by Gasteiger charge is 2.43. The van der Waals surface area contributed by atoms with E-state index in [0.29, 0.717) is 0 Å². The monoisotopic (exact) mass is 399 g/mol. The number of fused-ring (bicyclic) bond motifs is 4. The zero-order valence-electron chi connectivity index (χ0n) is 14.7. The molecule has 0 fully saturated rings. The predicted octanol–water partition coefficient (Wildman–Crippen LogP) is 4.72. The maximum Gasteiger partial charge on any atom is 0.148 e. The molecular weight excluding hydrogens is 385 g/mol. The minimum atomic E-state index is -2.30. The van der Waals surface area contributed by atoms with Gasteiger partial charge in [-0.3, -0.25) is 4.98 Å². The van der Waals surface area contributed by atoms with Gasteiger partial charge < -0.3 is 9.47 Å². The second kappa shape index (κ2) is 5.78. The average molecular weight is 399 g/mol. The summed E-state index contributed by atoms with van der Waals surface area (Å²) in [5, 5.41) is 3.16. The van der Waals surface area contributed by atoms with Crippen molar-refractivity contribution in [3.8, 4) is 34.1 Å². The van der Waals surface area contributed by atoms with Crippen molar-refractivity contribution in [1.82, 2.24) is 4.98 Å². The van der Waals surface area contributed by atoms with E-state index < -0.39 is 6.04 Å². The molecule has 1 atom stereocenters. The number of benzene rings is 3. The van der Waals surface area contributed by atoms with Crippen LogP contribution in [0.5, 0.6) is 23.0 Å². The van der Waals surface area contributed by atoms with Crippen molar-refractivity contribution >= 4 is 33.8 Å². The fourth-order valence-corrected chi connectivity index (χ4v) is 8.49. The van der Waals surface area contributed by atoms with Gasteiger partial charge in [0.1, 0.15) is 23.0 Å². The molecule has 3 aromatic carbocycles. The standard InChI is InChI=1S/C23H14NO2PS/c28-27-20-9-3-1-7-17(20)25-19-12-11-16(15-6-5-13-24-14-15)22(23(19)27)26-18-8-2-4-10-21(18)27/h1-14H. The molecule has 0 amide bonds. The Bertz CT molecular complexity index is 1290. The molecule has 1 unspecified atom stereocenters. The third kappa shape index (κ3) is 2.05. The van der Waals surface area contributed by atoms with E-state index in [2.05, 4.69) is 17.1 Å². The highest BCUT2D eigenvalue weighted by molar-refractivity contribution is 8.26. The topological polar surface area (TPSA) is 31.4 Å². The lowest BCUT2D eigenvalue weighted by atomic mass is 10.1. The van der Waals surface area contributed by atoms with Gasteiger partial charge in [-0.15, -0.1) is 0 Å². The first-order chi connectivity index (χ1) is 13.8. The summed E-state index contributed by atoms with van der Waals surface area (Å²) in [6.45, 7) is 0. The van der Waals surface area contributed by atoms with Gasteiger partial charge in [0.05, 0.1) is 11.3 Å². The number of hydrogen-bond donors (Lipinski definition) is 0. The van der Waals surface area contributed by atoms with Gasteiger partial charge in [0.25, 0.3) is 0 Å². The van der Waals surface area contributed by atoms with E-state index in [0.717, 1.165) is 50.0 Å². The Morgan fingerprint density at radius 1 is 0.714 bits per heavy atom. The number of rotatable bonds is 1. The van der Waals surface area contributed by atoms with Gasteiger partial charge in [0.2, 0.25) is 0 Å². The summed E-state index contributed by atoms with van der Waals surface area (Å²) >= 11 is 6.50. The van der Waals surface area contributed by atoms with E-state index in [-0.39, 0.29) is 0 Å². The predicted molar refractivity (Wildman–Crippen MR) is 116 cm³/mol. The fraction of sp³-hybridized carbons (Fsp3) is 0. The molecule has 6 rings (SSSR count). The lowest BCUT2D eigenvalue weighted by Crippen LogP contribution is -2.35. The molecular formula is C23H14NO2PS. The summed E-state index contributed by atoms with van der Waals surface area (Å²) in [4.78, 5) is 4.28. The molecule has 0 saturated carbocycles. The SMILES string of the molecule is S=P12c3ccccc3Oc3ccc(-c4cccnc4)c(c31)Oc1ccccc12. The van der Waals surface area contributed by atoms with Crippen molar-refractivity contribution in [2.45, 2.75) is 0 Å². The summed E-state index contributed by atoms with van der Waals surface area (Å²) < 4.78 is 12.7. The highest BCUT2D eigenvalue weighted by Crippen LogP contribution is 2.59. The van der Waals surface area contributed by atoms with Gasteiger partial charge in [-0.2, -0.15) is 0 Å². The molecule has 2 aliphatic heterocycles. The highest BCUT2D eigenvalue weighted by atomic mass is 32.4. The first-order valence-electron chi connectivity index (χ1n) is 9.00. The molecule has 0 saturated heterocycles. The molecule has 1 aromatic heterocycles. The van der Waals surface area contributed by atoms with Crippen LogP contribution in [0.1, 0.15) is 0 Å². The number of aromatic nitrogens is 1. The molecule has 0 bridgehead atoms. The number of para-hydroxylation sites is 2. The van der Waals surface area contributed by atoms with Gasteiger partial charge in [-0.25, -0.2) is 0 Å². The van der Waals surface area contributed by atoms with Crippen LogP contribution in [-0.2, 0) is 11.8 Å². The van der Waals surface area contributed by atoms with Crippen LogP contribution in [0, 0.1) is 0 Å². The van der Waals surface area contributed by atoms with Gasteiger partial charge in [0, 0.05) is 34.1 Å². The van der Waals surface area contributed by atoms with E-state index in [1.807, 2.05) is 66.9 Å². The summed E-state index contributed by atoms with van der Waals surface area (Å²) in [7, 11) is 0. The van der Waals surface area contributed by atoms with Crippen LogP contribution in [0.25, 0.3) is 11.1 Å². The van der Waals surface area contributed by atoms with Crippen molar-refractivity contribution in [3.05, 3.63) is 85.2 Å². The Labute approximate surface area is 167 Å². The molecule has 4 aromatic rings. The first kappa shape index (κ1) is 16.1. The zero-order valence-corrected chi connectivity index (χ0v) is 16.4. The van der Waals surface area contributed by atoms with E-state index in [9.17, 15) is 0 Å². The molecule has 0 N–H and O–H groups in total. The third-order valence-corrected chi connectivity index (χ3v) is 10.1. The molecule has 134 valence electrons. The largest absolute Gasteiger partial charge is 0.456 e. The van der Waals surface area contributed by atoms with Gasteiger partial charge >= 0.3 is 0 Å². The molecule has 0 spiro atoms. The molecule has 3 nitrogen and oxygen atoms in total. The van der Waals surface area contributed by atoms with Gasteiger partial charge in [-0.1, -0.05) is 42.1 Å².